The molecule has 0 aromatic heterocycles. The van der Waals surface area contributed by atoms with Gasteiger partial charge in [0.05, 0.1) is 0 Å². The van der Waals surface area contributed by atoms with Crippen molar-refractivity contribution in [2.45, 2.75) is 46.6 Å². The highest BCUT2D eigenvalue weighted by Crippen LogP contribution is 2.18. The molecular weight excluding hydrogens is 479 g/mol. The molecule has 1 heterocycles. The third-order valence-electron chi connectivity index (χ3n) is 5.10. The van der Waals surface area contributed by atoms with E-state index in [-0.39, 0.29) is 43.0 Å². The maximum atomic E-state index is 12.6. The van der Waals surface area contributed by atoms with Crippen LogP contribution in [-0.2, 0) is 17.8 Å². The molecule has 2 rings (SSSR count). The van der Waals surface area contributed by atoms with Crippen LogP contribution in [0, 0.1) is 11.8 Å². The van der Waals surface area contributed by atoms with Crippen LogP contribution < -0.4 is 10.6 Å². The Bertz CT molecular complexity index is 651. The van der Waals surface area contributed by atoms with Crippen molar-refractivity contribution in [2.24, 2.45) is 16.8 Å². The van der Waals surface area contributed by atoms with Crippen LogP contribution in [0.1, 0.15) is 44.7 Å². The van der Waals surface area contributed by atoms with Crippen molar-refractivity contribution in [3.05, 3.63) is 35.4 Å². The average Bonchev–Trinajstić information content (AvgIpc) is 2.69. The van der Waals surface area contributed by atoms with Gasteiger partial charge in [0.1, 0.15) is 6.54 Å². The van der Waals surface area contributed by atoms with Crippen LogP contribution in [0.3, 0.4) is 0 Å². The molecule has 164 valence electrons. The maximum absolute atomic E-state index is 12.6. The summed E-state index contributed by atoms with van der Waals surface area (Å²) in [5, 5.41) is 15.8. The van der Waals surface area contributed by atoms with Crippen molar-refractivity contribution in [3.63, 3.8) is 0 Å². The minimum absolute atomic E-state index is 0. The Hall–Kier alpha value is -1.35. The van der Waals surface area contributed by atoms with E-state index in [0.29, 0.717) is 24.3 Å². The van der Waals surface area contributed by atoms with Crippen LogP contribution in [0.5, 0.6) is 0 Å². The molecule has 1 aromatic rings. The summed E-state index contributed by atoms with van der Waals surface area (Å²) in [6, 6.07) is 8.32. The Morgan fingerprint density at radius 1 is 1.24 bits per heavy atom. The predicted molar refractivity (Wildman–Crippen MR) is 130 cm³/mol. The van der Waals surface area contributed by atoms with E-state index < -0.39 is 0 Å². The van der Waals surface area contributed by atoms with E-state index in [1.807, 2.05) is 17.9 Å². The number of nitrogens with zero attached hydrogens (tertiary/aromatic N) is 2. The van der Waals surface area contributed by atoms with Crippen LogP contribution in [0.25, 0.3) is 0 Å². The van der Waals surface area contributed by atoms with Crippen molar-refractivity contribution in [1.29, 1.82) is 0 Å². The summed E-state index contributed by atoms with van der Waals surface area (Å²) in [6.45, 7) is 9.65. The largest absolute Gasteiger partial charge is 0.396 e. The quantitative estimate of drug-likeness (QED) is 0.268. The number of rotatable bonds is 9. The van der Waals surface area contributed by atoms with Crippen LogP contribution >= 0.6 is 24.0 Å². The first-order chi connectivity index (χ1) is 13.5. The molecule has 1 unspecified atom stereocenters. The SMILES string of the molecule is CCNC(=NCC(=O)N1CCc2ccccc2C1)NCC(CCO)CC(C)C.I. The van der Waals surface area contributed by atoms with Gasteiger partial charge in [0, 0.05) is 32.8 Å². The Morgan fingerprint density at radius 3 is 2.62 bits per heavy atom. The molecule has 1 amide bonds. The van der Waals surface area contributed by atoms with Crippen molar-refractivity contribution < 1.29 is 9.90 Å². The molecule has 0 spiro atoms. The van der Waals surface area contributed by atoms with E-state index in [1.165, 1.54) is 11.1 Å². The highest BCUT2D eigenvalue weighted by atomic mass is 127. The normalized spacial score (nSPS) is 14.8. The molecule has 3 N–H and O–H groups in total. The fraction of sp³-hybridized carbons (Fsp3) is 0.636. The first kappa shape index (κ1) is 25.7. The molecule has 1 aliphatic heterocycles. The third-order valence-corrected chi connectivity index (χ3v) is 5.10. The predicted octanol–water partition coefficient (Wildman–Crippen LogP) is 2.79. The molecule has 0 saturated heterocycles. The van der Waals surface area contributed by atoms with E-state index >= 15 is 0 Å². The number of hydrogen-bond donors (Lipinski definition) is 3. The molecule has 0 aliphatic carbocycles. The maximum Gasteiger partial charge on any atom is 0.244 e. The number of carbonyl (C=O) groups is 1. The monoisotopic (exact) mass is 516 g/mol. The molecule has 0 radical (unpaired) electrons. The standard InChI is InChI=1S/C22H36N4O2.HI/c1-4-23-22(24-14-18(10-12-27)13-17(2)3)25-15-21(28)26-11-9-19-7-5-6-8-20(19)16-26;/h5-8,17-18,27H,4,9-16H2,1-3H3,(H2,23,24,25);1H. The zero-order valence-corrected chi connectivity index (χ0v) is 20.3. The molecule has 1 aliphatic rings. The molecule has 7 heteroatoms. The van der Waals surface area contributed by atoms with Gasteiger partial charge in [0.2, 0.25) is 5.91 Å². The van der Waals surface area contributed by atoms with Crippen molar-refractivity contribution >= 4 is 35.8 Å². The van der Waals surface area contributed by atoms with Gasteiger partial charge >= 0.3 is 0 Å². The zero-order valence-electron chi connectivity index (χ0n) is 18.0. The van der Waals surface area contributed by atoms with Crippen molar-refractivity contribution in [1.82, 2.24) is 15.5 Å². The number of carbonyl (C=O) groups excluding carboxylic acids is 1. The number of aliphatic hydroxyl groups is 1. The summed E-state index contributed by atoms with van der Waals surface area (Å²) in [5.41, 5.74) is 2.57. The third kappa shape index (κ3) is 8.90. The summed E-state index contributed by atoms with van der Waals surface area (Å²) < 4.78 is 0. The summed E-state index contributed by atoms with van der Waals surface area (Å²) in [5.74, 6) is 1.70. The van der Waals surface area contributed by atoms with Gasteiger partial charge in [-0.15, -0.1) is 24.0 Å². The van der Waals surface area contributed by atoms with Gasteiger partial charge in [-0.2, -0.15) is 0 Å². The highest BCUT2D eigenvalue weighted by Gasteiger charge is 2.20. The lowest BCUT2D eigenvalue weighted by atomic mass is 9.94. The van der Waals surface area contributed by atoms with E-state index in [0.717, 1.165) is 38.9 Å². The minimum Gasteiger partial charge on any atom is -0.396 e. The lowest BCUT2D eigenvalue weighted by molar-refractivity contribution is -0.130. The van der Waals surface area contributed by atoms with Crippen LogP contribution in [0.15, 0.2) is 29.3 Å². The Balaban J connectivity index is 0.00000420. The van der Waals surface area contributed by atoms with Crippen molar-refractivity contribution in [2.75, 3.05) is 32.8 Å². The fourth-order valence-electron chi connectivity index (χ4n) is 3.69. The second-order valence-corrected chi connectivity index (χ2v) is 7.92. The molecule has 29 heavy (non-hydrogen) atoms. The number of aliphatic imine (C=N–C) groups is 1. The molecule has 1 atom stereocenters. The number of amides is 1. The first-order valence-electron chi connectivity index (χ1n) is 10.5. The second kappa shape index (κ2) is 13.8. The lowest BCUT2D eigenvalue weighted by Crippen LogP contribution is -2.42. The molecule has 1 aromatic carbocycles. The number of halogens is 1. The van der Waals surface area contributed by atoms with Crippen LogP contribution in [-0.4, -0.2) is 54.7 Å². The van der Waals surface area contributed by atoms with Gasteiger partial charge in [-0.1, -0.05) is 38.1 Å². The lowest BCUT2D eigenvalue weighted by Gasteiger charge is -2.28. The topological polar surface area (TPSA) is 77.0 Å². The number of guanidine groups is 1. The zero-order chi connectivity index (χ0) is 20.4. The Labute approximate surface area is 192 Å². The number of hydrogen-bond acceptors (Lipinski definition) is 3. The van der Waals surface area contributed by atoms with Gasteiger partial charge in [-0.3, -0.25) is 4.79 Å². The molecule has 6 nitrogen and oxygen atoms in total. The highest BCUT2D eigenvalue weighted by molar-refractivity contribution is 14.0. The molecule has 0 bridgehead atoms. The molecule has 0 saturated carbocycles. The summed E-state index contributed by atoms with van der Waals surface area (Å²) in [6.07, 6.45) is 2.73. The van der Waals surface area contributed by atoms with E-state index in [2.05, 4.69) is 47.7 Å². The van der Waals surface area contributed by atoms with Crippen LogP contribution in [0.4, 0.5) is 0 Å². The Morgan fingerprint density at radius 2 is 1.97 bits per heavy atom. The summed E-state index contributed by atoms with van der Waals surface area (Å²) in [4.78, 5) is 19.0. The van der Waals surface area contributed by atoms with E-state index in [4.69, 9.17) is 0 Å². The number of fused-ring (bicyclic) bond motifs is 1. The molecule has 0 fully saturated rings. The van der Waals surface area contributed by atoms with E-state index in [9.17, 15) is 9.90 Å². The molecular formula is C22H37IN4O2. The van der Waals surface area contributed by atoms with Gasteiger partial charge in [-0.25, -0.2) is 4.99 Å². The summed E-state index contributed by atoms with van der Waals surface area (Å²) in [7, 11) is 0. The van der Waals surface area contributed by atoms with Crippen molar-refractivity contribution in [3.8, 4) is 0 Å². The van der Waals surface area contributed by atoms with Gasteiger partial charge < -0.3 is 20.6 Å². The summed E-state index contributed by atoms with van der Waals surface area (Å²) >= 11 is 0. The number of aliphatic hydroxyl groups excluding tert-OH is 1. The van der Waals surface area contributed by atoms with E-state index in [1.54, 1.807) is 0 Å². The van der Waals surface area contributed by atoms with Gasteiger partial charge in [0.25, 0.3) is 0 Å². The first-order valence-corrected chi connectivity index (χ1v) is 10.5. The van der Waals surface area contributed by atoms with Crippen LogP contribution in [0.2, 0.25) is 0 Å². The number of nitrogens with one attached hydrogen (secondary N) is 2. The fourth-order valence-corrected chi connectivity index (χ4v) is 3.69. The average molecular weight is 516 g/mol. The smallest absolute Gasteiger partial charge is 0.244 e. The second-order valence-electron chi connectivity index (χ2n) is 7.92. The Kier molecular flexibility index (Phi) is 12.2. The van der Waals surface area contributed by atoms with Gasteiger partial charge in [0.15, 0.2) is 5.96 Å². The van der Waals surface area contributed by atoms with Gasteiger partial charge in [-0.05, 0) is 49.1 Å². The number of benzene rings is 1. The minimum atomic E-state index is 0.